The minimum absolute atomic E-state index is 0.293. The van der Waals surface area contributed by atoms with Gasteiger partial charge >= 0.3 is 0 Å². The van der Waals surface area contributed by atoms with E-state index < -0.39 is 12.6 Å². The molecule has 0 aromatic carbocycles. The number of aromatic nitrogens is 3. The van der Waals surface area contributed by atoms with Gasteiger partial charge in [-0.3, -0.25) is 14.6 Å². The number of carbonyl (C=O) groups excluding carboxylic acids is 2. The molecule has 1 atom stereocenters. The van der Waals surface area contributed by atoms with Gasteiger partial charge in [-0.05, 0) is 18.6 Å². The lowest BCUT2D eigenvalue weighted by Crippen LogP contribution is -2.51. The van der Waals surface area contributed by atoms with Crippen molar-refractivity contribution in [2.24, 2.45) is 0 Å². The number of aliphatic hydroxyl groups excluding tert-OH is 1. The zero-order valence-electron chi connectivity index (χ0n) is 16.2. The van der Waals surface area contributed by atoms with Crippen LogP contribution in [0.3, 0.4) is 0 Å². The normalized spacial score (nSPS) is 14.2. The van der Waals surface area contributed by atoms with E-state index in [-0.39, 0.29) is 11.8 Å². The van der Waals surface area contributed by atoms with Crippen LogP contribution in [-0.2, 0) is 22.6 Å². The van der Waals surface area contributed by atoms with Gasteiger partial charge in [0.1, 0.15) is 11.9 Å². The fraction of sp³-hybridized carbons (Fsp3) is 0.421. The summed E-state index contributed by atoms with van der Waals surface area (Å²) in [7, 11) is 3.84. The number of amides is 2. The highest BCUT2D eigenvalue weighted by Gasteiger charge is 2.30. The Labute approximate surface area is 163 Å². The van der Waals surface area contributed by atoms with Crippen LogP contribution in [-0.4, -0.2) is 70.1 Å². The summed E-state index contributed by atoms with van der Waals surface area (Å²) in [6.07, 6.45) is 3.98. The number of nitrogens with one attached hydrogen (secondary N) is 1. The number of nitrogens with zero attached hydrogens (tertiary/aromatic N) is 5. The summed E-state index contributed by atoms with van der Waals surface area (Å²) in [5.41, 5.74) is 2.56. The number of hydrogen-bond donors (Lipinski definition) is 2. The van der Waals surface area contributed by atoms with E-state index in [1.807, 2.05) is 31.1 Å². The third kappa shape index (κ3) is 4.09. The Morgan fingerprint density at radius 3 is 2.75 bits per heavy atom. The lowest BCUT2D eigenvalue weighted by molar-refractivity contribution is -0.138. The number of anilines is 1. The quantitative estimate of drug-likeness (QED) is 0.745. The van der Waals surface area contributed by atoms with Crippen LogP contribution in [0.1, 0.15) is 18.2 Å². The van der Waals surface area contributed by atoms with Gasteiger partial charge in [-0.2, -0.15) is 0 Å². The second-order valence-corrected chi connectivity index (χ2v) is 6.88. The van der Waals surface area contributed by atoms with Crippen LogP contribution in [0, 0.1) is 0 Å². The summed E-state index contributed by atoms with van der Waals surface area (Å²) in [6, 6.07) is 2.76. The molecular formula is C19H24N6O3. The van der Waals surface area contributed by atoms with Gasteiger partial charge in [0, 0.05) is 51.1 Å². The topological polar surface area (TPSA) is 112 Å². The molecule has 2 amide bonds. The molecule has 0 saturated heterocycles. The third-order valence-electron chi connectivity index (χ3n) is 4.56. The van der Waals surface area contributed by atoms with Gasteiger partial charge in [-0.1, -0.05) is 0 Å². The molecule has 28 heavy (non-hydrogen) atoms. The van der Waals surface area contributed by atoms with Crippen molar-refractivity contribution < 1.29 is 14.7 Å². The first-order valence-electron chi connectivity index (χ1n) is 9.05. The SMILES string of the molecule is CC(=O)N[C@H](CO)C(=O)N1CCc2c(nc(-c3cccnc3)nc2N(C)C)C1. The molecule has 0 spiro atoms. The maximum atomic E-state index is 12.7. The van der Waals surface area contributed by atoms with Crippen LogP contribution in [0.15, 0.2) is 24.5 Å². The van der Waals surface area contributed by atoms with Crippen molar-refractivity contribution >= 4 is 17.6 Å². The number of aliphatic hydroxyl groups is 1. The first-order valence-corrected chi connectivity index (χ1v) is 9.05. The molecule has 3 heterocycles. The highest BCUT2D eigenvalue weighted by molar-refractivity contribution is 5.87. The first-order chi connectivity index (χ1) is 13.4. The smallest absolute Gasteiger partial charge is 0.247 e. The standard InChI is InChI=1S/C19H24N6O3/c1-12(27)21-16(11-26)19(28)25-8-6-14-15(10-25)22-17(23-18(14)24(2)3)13-5-4-7-20-9-13/h4-5,7,9,16,26H,6,8,10-11H2,1-3H3,(H,21,27)/t16-/m1/s1. The zero-order chi connectivity index (χ0) is 20.3. The van der Waals surface area contributed by atoms with Gasteiger partial charge in [-0.25, -0.2) is 9.97 Å². The molecule has 9 heteroatoms. The molecule has 0 fully saturated rings. The van der Waals surface area contributed by atoms with Crippen molar-refractivity contribution in [1.82, 2.24) is 25.2 Å². The van der Waals surface area contributed by atoms with Crippen LogP contribution in [0.2, 0.25) is 0 Å². The second kappa shape index (κ2) is 8.30. The Balaban J connectivity index is 1.94. The maximum absolute atomic E-state index is 12.7. The lowest BCUT2D eigenvalue weighted by atomic mass is 10.0. The van der Waals surface area contributed by atoms with Gasteiger partial charge < -0.3 is 20.2 Å². The summed E-state index contributed by atoms with van der Waals surface area (Å²) in [4.78, 5) is 41.1. The molecule has 148 valence electrons. The monoisotopic (exact) mass is 384 g/mol. The highest BCUT2D eigenvalue weighted by Crippen LogP contribution is 2.28. The zero-order valence-corrected chi connectivity index (χ0v) is 16.2. The van der Waals surface area contributed by atoms with Crippen molar-refractivity contribution in [3.05, 3.63) is 35.8 Å². The number of pyridine rings is 1. The van der Waals surface area contributed by atoms with E-state index in [0.29, 0.717) is 25.3 Å². The summed E-state index contributed by atoms with van der Waals surface area (Å²) in [5, 5.41) is 12.0. The molecule has 0 radical (unpaired) electrons. The molecule has 2 aromatic heterocycles. The van der Waals surface area contributed by atoms with Crippen molar-refractivity contribution in [1.29, 1.82) is 0 Å². The largest absolute Gasteiger partial charge is 0.394 e. The van der Waals surface area contributed by atoms with Gasteiger partial charge in [0.15, 0.2) is 5.82 Å². The summed E-state index contributed by atoms with van der Waals surface area (Å²) in [6.45, 7) is 1.63. The van der Waals surface area contributed by atoms with Crippen LogP contribution in [0.25, 0.3) is 11.4 Å². The molecule has 1 aliphatic heterocycles. The number of hydrogen-bond acceptors (Lipinski definition) is 7. The fourth-order valence-corrected chi connectivity index (χ4v) is 3.24. The van der Waals surface area contributed by atoms with E-state index in [4.69, 9.17) is 4.98 Å². The minimum Gasteiger partial charge on any atom is -0.394 e. The van der Waals surface area contributed by atoms with E-state index in [1.54, 1.807) is 17.3 Å². The second-order valence-electron chi connectivity index (χ2n) is 6.88. The Morgan fingerprint density at radius 1 is 1.36 bits per heavy atom. The van der Waals surface area contributed by atoms with Gasteiger partial charge in [0.05, 0.1) is 18.8 Å². The molecule has 2 aromatic rings. The lowest BCUT2D eigenvalue weighted by Gasteiger charge is -2.32. The van der Waals surface area contributed by atoms with Crippen LogP contribution >= 0.6 is 0 Å². The summed E-state index contributed by atoms with van der Waals surface area (Å²) < 4.78 is 0. The van der Waals surface area contributed by atoms with E-state index >= 15 is 0 Å². The van der Waals surface area contributed by atoms with Crippen LogP contribution < -0.4 is 10.2 Å². The Bertz CT molecular complexity index is 871. The van der Waals surface area contributed by atoms with E-state index in [1.165, 1.54) is 6.92 Å². The van der Waals surface area contributed by atoms with Crippen molar-refractivity contribution in [3.63, 3.8) is 0 Å². The van der Waals surface area contributed by atoms with E-state index in [2.05, 4.69) is 15.3 Å². The third-order valence-corrected chi connectivity index (χ3v) is 4.56. The molecule has 2 N–H and O–H groups in total. The van der Waals surface area contributed by atoms with Crippen LogP contribution in [0.4, 0.5) is 5.82 Å². The maximum Gasteiger partial charge on any atom is 0.247 e. The van der Waals surface area contributed by atoms with Crippen molar-refractivity contribution in [3.8, 4) is 11.4 Å². The van der Waals surface area contributed by atoms with Crippen molar-refractivity contribution in [2.45, 2.75) is 25.9 Å². The molecule has 0 aliphatic carbocycles. The van der Waals surface area contributed by atoms with E-state index in [0.717, 1.165) is 22.6 Å². The Morgan fingerprint density at radius 2 is 2.14 bits per heavy atom. The number of rotatable bonds is 5. The Hall–Kier alpha value is -3.07. The Kier molecular flexibility index (Phi) is 5.84. The van der Waals surface area contributed by atoms with Gasteiger partial charge in [0.2, 0.25) is 11.8 Å². The molecule has 0 unspecified atom stereocenters. The highest BCUT2D eigenvalue weighted by atomic mass is 16.3. The van der Waals surface area contributed by atoms with E-state index in [9.17, 15) is 14.7 Å². The fourth-order valence-electron chi connectivity index (χ4n) is 3.24. The molecule has 3 rings (SSSR count). The molecule has 9 nitrogen and oxygen atoms in total. The minimum atomic E-state index is -0.952. The first kappa shape index (κ1) is 19.7. The molecular weight excluding hydrogens is 360 g/mol. The van der Waals surface area contributed by atoms with Gasteiger partial charge in [0.25, 0.3) is 0 Å². The molecule has 0 saturated carbocycles. The predicted octanol–water partition coefficient (Wildman–Crippen LogP) is -0.0137. The van der Waals surface area contributed by atoms with Crippen LogP contribution in [0.5, 0.6) is 0 Å². The molecule has 1 aliphatic rings. The number of fused-ring (bicyclic) bond motifs is 1. The summed E-state index contributed by atoms with van der Waals surface area (Å²) in [5.74, 6) is 0.680. The predicted molar refractivity (Wildman–Crippen MR) is 103 cm³/mol. The van der Waals surface area contributed by atoms with Gasteiger partial charge in [-0.15, -0.1) is 0 Å². The average molecular weight is 384 g/mol. The number of carbonyl (C=O) groups is 2. The molecule has 0 bridgehead atoms. The average Bonchev–Trinajstić information content (AvgIpc) is 2.70. The summed E-state index contributed by atoms with van der Waals surface area (Å²) >= 11 is 0. The van der Waals surface area contributed by atoms with Crippen molar-refractivity contribution in [2.75, 3.05) is 32.1 Å².